The zero-order chi connectivity index (χ0) is 11.2. The Balaban J connectivity index is 1.80. The minimum absolute atomic E-state index is 0.577. The van der Waals surface area contributed by atoms with E-state index in [1.54, 1.807) is 6.20 Å². The van der Waals surface area contributed by atoms with Crippen molar-refractivity contribution in [1.82, 2.24) is 15.5 Å². The number of H-pyrrole nitrogens is 1. The summed E-state index contributed by atoms with van der Waals surface area (Å²) >= 11 is 5.13. The smallest absolute Gasteiger partial charge is 0.172 e. The molecule has 1 aromatic heterocycles. The van der Waals surface area contributed by atoms with Crippen LogP contribution in [0.5, 0.6) is 0 Å². The van der Waals surface area contributed by atoms with Gasteiger partial charge in [0.25, 0.3) is 0 Å². The summed E-state index contributed by atoms with van der Waals surface area (Å²) < 4.78 is 0. The summed E-state index contributed by atoms with van der Waals surface area (Å²) in [5.41, 5.74) is 1.19. The molecular formula is C11H12N4S. The molecule has 0 spiro atoms. The molecule has 0 saturated heterocycles. The predicted octanol–water partition coefficient (Wildman–Crippen LogP) is 1.90. The zero-order valence-electron chi connectivity index (χ0n) is 8.60. The third-order valence-corrected chi connectivity index (χ3v) is 2.29. The van der Waals surface area contributed by atoms with Gasteiger partial charge in [-0.3, -0.25) is 5.10 Å². The first-order chi connectivity index (χ1) is 7.84. The number of hydrogen-bond donors (Lipinski definition) is 3. The van der Waals surface area contributed by atoms with Crippen molar-refractivity contribution in [3.8, 4) is 0 Å². The number of anilines is 1. The standard InChI is InChI=1S/C11H12N4S/c16-11(14-10-6-7-13-15-10)12-8-9-4-2-1-3-5-9/h1-7H,8H2,(H3,12,13,14,15,16). The fraction of sp³-hybridized carbons (Fsp3) is 0.0909. The van der Waals surface area contributed by atoms with Crippen molar-refractivity contribution < 1.29 is 0 Å². The van der Waals surface area contributed by atoms with Crippen LogP contribution in [0.4, 0.5) is 5.82 Å². The molecule has 16 heavy (non-hydrogen) atoms. The highest BCUT2D eigenvalue weighted by atomic mass is 32.1. The summed E-state index contributed by atoms with van der Waals surface area (Å²) in [5.74, 6) is 0.783. The SMILES string of the molecule is S=C(NCc1ccccc1)Nc1ccn[nH]1. The lowest BCUT2D eigenvalue weighted by Gasteiger charge is -2.08. The lowest BCUT2D eigenvalue weighted by Crippen LogP contribution is -2.27. The summed E-state index contributed by atoms with van der Waals surface area (Å²) in [6.07, 6.45) is 1.67. The quantitative estimate of drug-likeness (QED) is 0.707. The van der Waals surface area contributed by atoms with Crippen LogP contribution in [0.3, 0.4) is 0 Å². The lowest BCUT2D eigenvalue weighted by atomic mass is 10.2. The number of benzene rings is 1. The van der Waals surface area contributed by atoms with Crippen molar-refractivity contribution in [3.05, 3.63) is 48.2 Å². The maximum atomic E-state index is 5.13. The third kappa shape index (κ3) is 3.06. The average molecular weight is 232 g/mol. The minimum Gasteiger partial charge on any atom is -0.358 e. The van der Waals surface area contributed by atoms with Crippen LogP contribution in [0, 0.1) is 0 Å². The van der Waals surface area contributed by atoms with Gasteiger partial charge in [-0.05, 0) is 17.8 Å². The molecule has 82 valence electrons. The Morgan fingerprint density at radius 3 is 2.75 bits per heavy atom. The van der Waals surface area contributed by atoms with Crippen molar-refractivity contribution in [2.75, 3.05) is 5.32 Å². The molecule has 0 radical (unpaired) electrons. The number of nitrogens with one attached hydrogen (secondary N) is 3. The van der Waals surface area contributed by atoms with Crippen LogP contribution in [0.2, 0.25) is 0 Å². The normalized spacial score (nSPS) is 9.75. The van der Waals surface area contributed by atoms with Crippen LogP contribution in [0.1, 0.15) is 5.56 Å². The van der Waals surface area contributed by atoms with E-state index in [-0.39, 0.29) is 0 Å². The number of aromatic amines is 1. The van der Waals surface area contributed by atoms with Crippen molar-refractivity contribution in [2.24, 2.45) is 0 Å². The molecule has 0 saturated carbocycles. The Morgan fingerprint density at radius 2 is 2.06 bits per heavy atom. The molecule has 2 aromatic rings. The molecule has 0 aliphatic carbocycles. The second-order valence-corrected chi connectivity index (χ2v) is 3.67. The molecule has 3 N–H and O–H groups in total. The van der Waals surface area contributed by atoms with Gasteiger partial charge < -0.3 is 10.6 Å². The molecular weight excluding hydrogens is 220 g/mol. The zero-order valence-corrected chi connectivity index (χ0v) is 9.42. The highest BCUT2D eigenvalue weighted by Crippen LogP contribution is 2.00. The highest BCUT2D eigenvalue weighted by molar-refractivity contribution is 7.80. The molecule has 0 aliphatic heterocycles. The van der Waals surface area contributed by atoms with Crippen LogP contribution in [0.25, 0.3) is 0 Å². The highest BCUT2D eigenvalue weighted by Gasteiger charge is 1.97. The summed E-state index contributed by atoms with van der Waals surface area (Å²) in [4.78, 5) is 0. The molecule has 0 bridgehead atoms. The Hall–Kier alpha value is -1.88. The number of rotatable bonds is 3. The van der Waals surface area contributed by atoms with Gasteiger partial charge in [0.1, 0.15) is 5.82 Å². The molecule has 0 amide bonds. The van der Waals surface area contributed by atoms with Crippen LogP contribution in [-0.4, -0.2) is 15.3 Å². The monoisotopic (exact) mass is 232 g/mol. The number of hydrogen-bond acceptors (Lipinski definition) is 2. The third-order valence-electron chi connectivity index (χ3n) is 2.04. The summed E-state index contributed by atoms with van der Waals surface area (Å²) in [5, 5.41) is 13.3. The van der Waals surface area contributed by atoms with E-state index >= 15 is 0 Å². The van der Waals surface area contributed by atoms with Gasteiger partial charge in [0, 0.05) is 12.6 Å². The first-order valence-electron chi connectivity index (χ1n) is 4.93. The van der Waals surface area contributed by atoms with Crippen LogP contribution >= 0.6 is 12.2 Å². The topological polar surface area (TPSA) is 52.7 Å². The Morgan fingerprint density at radius 1 is 1.25 bits per heavy atom. The van der Waals surface area contributed by atoms with Crippen molar-refractivity contribution in [3.63, 3.8) is 0 Å². The predicted molar refractivity (Wildman–Crippen MR) is 68.1 cm³/mol. The van der Waals surface area contributed by atoms with Crippen LogP contribution in [0.15, 0.2) is 42.6 Å². The van der Waals surface area contributed by atoms with Crippen LogP contribution < -0.4 is 10.6 Å². The fourth-order valence-electron chi connectivity index (χ4n) is 1.27. The van der Waals surface area contributed by atoms with E-state index in [1.165, 1.54) is 5.56 Å². The van der Waals surface area contributed by atoms with Gasteiger partial charge in [0.15, 0.2) is 5.11 Å². The van der Waals surface area contributed by atoms with Gasteiger partial charge in [0.05, 0.1) is 6.20 Å². The van der Waals surface area contributed by atoms with Gasteiger partial charge in [-0.1, -0.05) is 30.3 Å². The van der Waals surface area contributed by atoms with Crippen molar-refractivity contribution >= 4 is 23.1 Å². The minimum atomic E-state index is 0.577. The molecule has 0 aliphatic rings. The number of aromatic nitrogens is 2. The summed E-state index contributed by atoms with van der Waals surface area (Å²) in [7, 11) is 0. The Kier molecular flexibility index (Phi) is 3.50. The summed E-state index contributed by atoms with van der Waals surface area (Å²) in [6.45, 7) is 0.709. The molecule has 5 heteroatoms. The Bertz CT molecular complexity index is 438. The molecule has 1 heterocycles. The average Bonchev–Trinajstić information content (AvgIpc) is 2.81. The molecule has 2 rings (SSSR count). The second kappa shape index (κ2) is 5.27. The van der Waals surface area contributed by atoms with Crippen molar-refractivity contribution in [2.45, 2.75) is 6.54 Å². The van der Waals surface area contributed by atoms with Crippen LogP contribution in [-0.2, 0) is 6.54 Å². The first-order valence-corrected chi connectivity index (χ1v) is 5.33. The summed E-state index contributed by atoms with van der Waals surface area (Å²) in [6, 6.07) is 11.9. The van der Waals surface area contributed by atoms with E-state index in [1.807, 2.05) is 36.4 Å². The van der Waals surface area contributed by atoms with Gasteiger partial charge in [0.2, 0.25) is 0 Å². The van der Waals surface area contributed by atoms with Crippen molar-refractivity contribution in [1.29, 1.82) is 0 Å². The van der Waals surface area contributed by atoms with Gasteiger partial charge in [-0.15, -0.1) is 0 Å². The number of thiocarbonyl (C=S) groups is 1. The molecule has 4 nitrogen and oxygen atoms in total. The maximum absolute atomic E-state index is 5.13. The Labute approximate surface area is 99.1 Å². The molecule has 0 unspecified atom stereocenters. The number of nitrogens with zero attached hydrogens (tertiary/aromatic N) is 1. The van der Waals surface area contributed by atoms with Gasteiger partial charge in [-0.2, -0.15) is 5.10 Å². The maximum Gasteiger partial charge on any atom is 0.172 e. The van der Waals surface area contributed by atoms with E-state index in [0.717, 1.165) is 5.82 Å². The fourth-order valence-corrected chi connectivity index (χ4v) is 1.45. The largest absolute Gasteiger partial charge is 0.358 e. The first kappa shape index (κ1) is 10.6. The second-order valence-electron chi connectivity index (χ2n) is 3.26. The van der Waals surface area contributed by atoms with E-state index < -0.39 is 0 Å². The van der Waals surface area contributed by atoms with Gasteiger partial charge >= 0.3 is 0 Å². The van der Waals surface area contributed by atoms with E-state index in [0.29, 0.717) is 11.7 Å². The molecule has 0 fully saturated rings. The van der Waals surface area contributed by atoms with E-state index in [9.17, 15) is 0 Å². The van der Waals surface area contributed by atoms with E-state index in [2.05, 4.69) is 20.8 Å². The van der Waals surface area contributed by atoms with E-state index in [4.69, 9.17) is 12.2 Å². The van der Waals surface area contributed by atoms with Gasteiger partial charge in [-0.25, -0.2) is 0 Å². The lowest BCUT2D eigenvalue weighted by molar-refractivity contribution is 0.924. The molecule has 0 atom stereocenters. The molecule has 1 aromatic carbocycles.